The number of methoxy groups -OCH3 is 2. The Hall–Kier alpha value is -3.06. The van der Waals surface area contributed by atoms with Crippen LogP contribution in [0.5, 0.6) is 0 Å². The zero-order valence-electron chi connectivity index (χ0n) is 33.1. The normalized spacial score (nSPS) is 20.1. The number of nitrogens with one attached hydrogen (secondary N) is 3. The molecule has 0 radical (unpaired) electrons. The van der Waals surface area contributed by atoms with E-state index in [4.69, 9.17) is 9.47 Å². The van der Waals surface area contributed by atoms with Crippen LogP contribution in [0, 0.1) is 23.7 Å². The van der Waals surface area contributed by atoms with E-state index in [0.717, 1.165) is 12.8 Å². The first-order valence-electron chi connectivity index (χ1n) is 18.7. The number of benzene rings is 1. The number of likely N-dealkylation sites (tertiary alicyclic amines) is 1. The van der Waals surface area contributed by atoms with E-state index in [9.17, 15) is 24.3 Å². The maximum Gasteiger partial charge on any atom is 0.245 e. The number of nitrogens with zero attached hydrogens (tertiary/aromatic N) is 2. The number of aliphatic hydroxyl groups is 1. The van der Waals surface area contributed by atoms with E-state index in [1.165, 1.54) is 0 Å². The van der Waals surface area contributed by atoms with Gasteiger partial charge in [0.05, 0.1) is 54.8 Å². The molecule has 1 saturated heterocycles. The molecule has 10 atom stereocenters. The minimum atomic E-state index is -0.875. The summed E-state index contributed by atoms with van der Waals surface area (Å²) in [5, 5.41) is 19.8. The number of amides is 4. The fraction of sp³-hybridized carbons (Fsp3) is 0.744. The van der Waals surface area contributed by atoms with E-state index < -0.39 is 48.4 Å². The predicted octanol–water partition coefficient (Wildman–Crippen LogP) is 3.53. The summed E-state index contributed by atoms with van der Waals surface area (Å²) in [6, 6.07) is 6.67. The molecule has 0 saturated carbocycles. The van der Waals surface area contributed by atoms with Crippen molar-refractivity contribution in [3.63, 3.8) is 0 Å². The lowest BCUT2D eigenvalue weighted by molar-refractivity contribution is -0.148. The lowest BCUT2D eigenvalue weighted by atomic mass is 9.89. The van der Waals surface area contributed by atoms with E-state index in [2.05, 4.69) is 16.0 Å². The second-order valence-corrected chi connectivity index (χ2v) is 15.0. The predicted molar refractivity (Wildman–Crippen MR) is 200 cm³/mol. The van der Waals surface area contributed by atoms with Crippen molar-refractivity contribution in [1.82, 2.24) is 25.8 Å². The van der Waals surface area contributed by atoms with Crippen molar-refractivity contribution in [1.29, 1.82) is 0 Å². The Bertz CT molecular complexity index is 1250. The molecule has 4 amide bonds. The molecule has 1 aliphatic heterocycles. The van der Waals surface area contributed by atoms with Crippen LogP contribution in [0.2, 0.25) is 0 Å². The number of hydrogen-bond donors (Lipinski definition) is 4. The Morgan fingerprint density at radius 3 is 2.04 bits per heavy atom. The third-order valence-electron chi connectivity index (χ3n) is 10.7. The van der Waals surface area contributed by atoms with Gasteiger partial charge in [0.25, 0.3) is 0 Å². The van der Waals surface area contributed by atoms with Gasteiger partial charge in [0.1, 0.15) is 6.04 Å². The molecule has 1 fully saturated rings. The summed E-state index contributed by atoms with van der Waals surface area (Å²) in [6.45, 7) is 15.9. The highest BCUT2D eigenvalue weighted by Gasteiger charge is 2.43. The van der Waals surface area contributed by atoms with Gasteiger partial charge in [0.15, 0.2) is 0 Å². The molecular weight excluding hydrogens is 650 g/mol. The quantitative estimate of drug-likeness (QED) is 0.160. The molecule has 12 nitrogen and oxygen atoms in total. The average Bonchev–Trinajstić information content (AvgIpc) is 3.59. The van der Waals surface area contributed by atoms with Gasteiger partial charge in [0, 0.05) is 27.8 Å². The minimum absolute atomic E-state index is 0.0148. The fourth-order valence-corrected chi connectivity index (χ4v) is 7.42. The maximum absolute atomic E-state index is 14.1. The first-order valence-corrected chi connectivity index (χ1v) is 18.7. The summed E-state index contributed by atoms with van der Waals surface area (Å²) in [5.41, 5.74) is 0.711. The van der Waals surface area contributed by atoms with Crippen molar-refractivity contribution in [2.45, 2.75) is 130 Å². The van der Waals surface area contributed by atoms with Crippen molar-refractivity contribution < 1.29 is 33.8 Å². The smallest absolute Gasteiger partial charge is 0.245 e. The molecule has 51 heavy (non-hydrogen) atoms. The Balaban J connectivity index is 2.24. The van der Waals surface area contributed by atoms with E-state index in [1.54, 1.807) is 52.0 Å². The monoisotopic (exact) mass is 718 g/mol. The zero-order chi connectivity index (χ0) is 38.6. The number of rotatable bonds is 20. The molecule has 1 aliphatic rings. The third kappa shape index (κ3) is 11.5. The van der Waals surface area contributed by atoms with Gasteiger partial charge in [-0.2, -0.15) is 0 Å². The molecular formula is C39H67N5O7. The second kappa shape index (κ2) is 20.8. The number of hydrogen-bond acceptors (Lipinski definition) is 8. The van der Waals surface area contributed by atoms with Gasteiger partial charge in [-0.3, -0.25) is 19.2 Å². The largest absolute Gasteiger partial charge is 0.386 e. The topological polar surface area (TPSA) is 150 Å². The van der Waals surface area contributed by atoms with Crippen molar-refractivity contribution in [2.75, 3.05) is 34.9 Å². The van der Waals surface area contributed by atoms with Crippen LogP contribution in [0.25, 0.3) is 0 Å². The first-order chi connectivity index (χ1) is 24.0. The molecule has 1 aromatic carbocycles. The summed E-state index contributed by atoms with van der Waals surface area (Å²) < 4.78 is 11.9. The van der Waals surface area contributed by atoms with E-state index in [-0.39, 0.29) is 53.8 Å². The van der Waals surface area contributed by atoms with Crippen LogP contribution in [0.4, 0.5) is 0 Å². The molecule has 290 valence electrons. The van der Waals surface area contributed by atoms with E-state index in [1.807, 2.05) is 71.9 Å². The number of aliphatic hydroxyl groups excluding tert-OH is 1. The summed E-state index contributed by atoms with van der Waals surface area (Å²) in [5.74, 6) is -1.62. The summed E-state index contributed by atoms with van der Waals surface area (Å²) >= 11 is 0. The fourth-order valence-electron chi connectivity index (χ4n) is 7.42. The highest BCUT2D eigenvalue weighted by Crippen LogP contribution is 2.30. The number of carbonyl (C=O) groups is 4. The van der Waals surface area contributed by atoms with Gasteiger partial charge in [-0.1, -0.05) is 85.2 Å². The summed E-state index contributed by atoms with van der Waals surface area (Å²) in [4.78, 5) is 58.3. The van der Waals surface area contributed by atoms with Gasteiger partial charge in [-0.25, -0.2) is 0 Å². The van der Waals surface area contributed by atoms with Gasteiger partial charge in [-0.05, 0) is 50.1 Å². The van der Waals surface area contributed by atoms with Crippen molar-refractivity contribution >= 4 is 23.6 Å². The summed E-state index contributed by atoms with van der Waals surface area (Å²) in [7, 11) is 6.57. The molecule has 12 heteroatoms. The van der Waals surface area contributed by atoms with Crippen LogP contribution < -0.4 is 16.0 Å². The molecule has 1 unspecified atom stereocenters. The average molecular weight is 718 g/mol. The van der Waals surface area contributed by atoms with Crippen LogP contribution in [0.3, 0.4) is 0 Å². The van der Waals surface area contributed by atoms with Crippen LogP contribution in [0.1, 0.15) is 92.7 Å². The van der Waals surface area contributed by atoms with Crippen molar-refractivity contribution in [2.24, 2.45) is 23.7 Å². The number of likely N-dealkylation sites (N-methyl/N-ethyl adjacent to an activating group) is 2. The van der Waals surface area contributed by atoms with Crippen LogP contribution in [-0.2, 0) is 28.7 Å². The molecule has 0 bridgehead atoms. The Kier molecular flexibility index (Phi) is 18.0. The number of ether oxygens (including phenoxy) is 2. The highest BCUT2D eigenvalue weighted by atomic mass is 16.5. The number of carbonyl (C=O) groups excluding carboxylic acids is 4. The SMILES string of the molecule is CC[C@H](C)C([C@@H](CC(=O)N1CCC[C@H]1[C@H](OC)[C@@H](C)C(=O)N[C@H](C)[C@@H](O)c1ccccc1)OC)N(C)C(=O)[C@@H](NC(=O)[C@@H](NC)C(C)C)C(C)C. The Morgan fingerprint density at radius 2 is 1.53 bits per heavy atom. The lowest BCUT2D eigenvalue weighted by Gasteiger charge is -2.41. The van der Waals surface area contributed by atoms with Crippen LogP contribution in [0.15, 0.2) is 30.3 Å². The Labute approximate surface area is 306 Å². The Morgan fingerprint density at radius 1 is 0.922 bits per heavy atom. The van der Waals surface area contributed by atoms with Gasteiger partial charge < -0.3 is 40.3 Å². The highest BCUT2D eigenvalue weighted by molar-refractivity contribution is 5.90. The first kappa shape index (κ1) is 44.1. The maximum atomic E-state index is 14.1. The summed E-state index contributed by atoms with van der Waals surface area (Å²) in [6.07, 6.45) is 0.147. The van der Waals surface area contributed by atoms with Gasteiger partial charge in [-0.15, -0.1) is 0 Å². The van der Waals surface area contributed by atoms with Crippen LogP contribution >= 0.6 is 0 Å². The van der Waals surface area contributed by atoms with Crippen LogP contribution in [-0.4, -0.2) is 116 Å². The lowest BCUT2D eigenvalue weighted by Crippen LogP contribution is -2.59. The molecule has 1 aromatic rings. The van der Waals surface area contributed by atoms with E-state index >= 15 is 0 Å². The molecule has 2 rings (SSSR count). The minimum Gasteiger partial charge on any atom is -0.386 e. The molecule has 0 aliphatic carbocycles. The van der Waals surface area contributed by atoms with Crippen molar-refractivity contribution in [3.05, 3.63) is 35.9 Å². The van der Waals surface area contributed by atoms with Gasteiger partial charge >= 0.3 is 0 Å². The second-order valence-electron chi connectivity index (χ2n) is 15.0. The molecule has 4 N–H and O–H groups in total. The molecule has 0 aromatic heterocycles. The van der Waals surface area contributed by atoms with Gasteiger partial charge in [0.2, 0.25) is 23.6 Å². The third-order valence-corrected chi connectivity index (χ3v) is 10.7. The molecule has 1 heterocycles. The molecule has 0 spiro atoms. The zero-order valence-corrected chi connectivity index (χ0v) is 33.1. The van der Waals surface area contributed by atoms with Crippen molar-refractivity contribution in [3.8, 4) is 0 Å². The van der Waals surface area contributed by atoms with E-state index in [0.29, 0.717) is 18.5 Å². The standard InChI is InChI=1S/C39H67N5O7/c1-13-25(6)34(43(10)39(49)33(24(4)5)42-38(48)32(40-9)23(2)3)30(50-11)22-31(45)44-21-17-20-29(44)36(51-12)26(7)37(47)41-27(8)35(46)28-18-15-14-16-19-28/h14-16,18-19,23-27,29-30,32-36,40,46H,13,17,20-22H2,1-12H3,(H,41,47)(H,42,48)/t25-,26+,27+,29-,30+,32-,33-,34?,35+,36+/m0/s1.